The number of esters is 1. The molecule has 0 fully saturated rings. The van der Waals surface area contributed by atoms with Gasteiger partial charge in [-0.05, 0) is 56.7 Å². The zero-order chi connectivity index (χ0) is 24.9. The summed E-state index contributed by atoms with van der Waals surface area (Å²) in [7, 11) is 3.14. The fourth-order valence-electron chi connectivity index (χ4n) is 3.24. The number of benzene rings is 3. The highest BCUT2D eigenvalue weighted by molar-refractivity contribution is 6.30. The molecule has 6 nitrogen and oxygen atoms in total. The summed E-state index contributed by atoms with van der Waals surface area (Å²) in [5, 5.41) is 3.44. The maximum Gasteiger partial charge on any atom is 0.312 e. The van der Waals surface area contributed by atoms with E-state index in [0.29, 0.717) is 27.8 Å². The molecule has 0 aromatic heterocycles. The monoisotopic (exact) mass is 481 g/mol. The van der Waals surface area contributed by atoms with Crippen LogP contribution >= 0.6 is 11.6 Å². The number of anilines is 1. The zero-order valence-corrected chi connectivity index (χ0v) is 20.6. The maximum absolute atomic E-state index is 13.4. The quantitative estimate of drug-likeness (QED) is 0.401. The van der Waals surface area contributed by atoms with Crippen LogP contribution in [0.5, 0.6) is 11.5 Å². The molecule has 0 heterocycles. The molecule has 3 rings (SSSR count). The molecule has 0 aliphatic heterocycles. The maximum atomic E-state index is 13.4. The highest BCUT2D eigenvalue weighted by Crippen LogP contribution is 2.36. The van der Waals surface area contributed by atoms with Gasteiger partial charge < -0.3 is 19.5 Å². The minimum Gasteiger partial charge on any atom is -0.493 e. The molecular weight excluding hydrogens is 454 g/mol. The van der Waals surface area contributed by atoms with Crippen LogP contribution in [0.1, 0.15) is 32.4 Å². The van der Waals surface area contributed by atoms with Crippen molar-refractivity contribution in [2.75, 3.05) is 19.5 Å². The Kier molecular flexibility index (Phi) is 7.84. The Hall–Kier alpha value is -3.51. The topological polar surface area (TPSA) is 73.9 Å². The second-order valence-electron chi connectivity index (χ2n) is 8.69. The highest BCUT2D eigenvalue weighted by atomic mass is 35.5. The number of hydrogen-bond acceptors (Lipinski definition) is 5. The van der Waals surface area contributed by atoms with Crippen molar-refractivity contribution in [3.63, 3.8) is 0 Å². The minimum absolute atomic E-state index is 0.479. The number of carbonyl (C=O) groups is 2. The predicted octanol–water partition coefficient (Wildman–Crippen LogP) is 6.29. The molecule has 0 aliphatic rings. The molecule has 1 unspecified atom stereocenters. The Morgan fingerprint density at radius 1 is 0.882 bits per heavy atom. The summed E-state index contributed by atoms with van der Waals surface area (Å²) in [6.07, 6.45) is -1.15. The number of carbonyl (C=O) groups excluding carboxylic acids is 2. The number of para-hydroxylation sites is 1. The first-order valence-electron chi connectivity index (χ1n) is 10.7. The lowest BCUT2D eigenvalue weighted by molar-refractivity contribution is -0.162. The summed E-state index contributed by atoms with van der Waals surface area (Å²) in [6.45, 7) is 5.20. The largest absolute Gasteiger partial charge is 0.493 e. The van der Waals surface area contributed by atoms with Crippen LogP contribution in [-0.4, -0.2) is 26.1 Å². The molecule has 1 amide bonds. The average molecular weight is 482 g/mol. The Morgan fingerprint density at radius 3 is 2.15 bits per heavy atom. The Labute approximate surface area is 204 Å². The van der Waals surface area contributed by atoms with Crippen molar-refractivity contribution in [1.82, 2.24) is 0 Å². The SMILES string of the molecule is COc1ccc(-c2ccccc2NC(=O)C(OC(=O)C(C)(C)C)c2ccc(Cl)cc2)cc1OC. The normalized spacial score (nSPS) is 11.9. The van der Waals surface area contributed by atoms with Crippen molar-refractivity contribution in [3.8, 4) is 22.6 Å². The molecule has 1 N–H and O–H groups in total. The lowest BCUT2D eigenvalue weighted by Gasteiger charge is -2.24. The van der Waals surface area contributed by atoms with Gasteiger partial charge in [0, 0.05) is 21.8 Å². The fourth-order valence-corrected chi connectivity index (χ4v) is 3.37. The molecule has 3 aromatic carbocycles. The molecule has 0 spiro atoms. The van der Waals surface area contributed by atoms with E-state index >= 15 is 0 Å². The lowest BCUT2D eigenvalue weighted by atomic mass is 9.97. The van der Waals surface area contributed by atoms with Crippen LogP contribution in [0.15, 0.2) is 66.7 Å². The first-order chi connectivity index (χ1) is 16.1. The molecule has 0 bridgehead atoms. The third-order valence-corrected chi connectivity index (χ3v) is 5.38. The molecule has 7 heteroatoms. The van der Waals surface area contributed by atoms with E-state index in [1.807, 2.05) is 30.3 Å². The zero-order valence-electron chi connectivity index (χ0n) is 19.8. The van der Waals surface area contributed by atoms with E-state index < -0.39 is 23.4 Å². The minimum atomic E-state index is -1.15. The summed E-state index contributed by atoms with van der Waals surface area (Å²) in [4.78, 5) is 26.0. The van der Waals surface area contributed by atoms with Gasteiger partial charge in [-0.3, -0.25) is 9.59 Å². The Balaban J connectivity index is 1.96. The van der Waals surface area contributed by atoms with Gasteiger partial charge in [-0.2, -0.15) is 0 Å². The summed E-state index contributed by atoms with van der Waals surface area (Å²) < 4.78 is 16.4. The standard InChI is InChI=1S/C27H28ClNO5/c1-27(2,3)26(31)34-24(17-10-13-19(28)14-11-17)25(30)29-21-9-7-6-8-20(21)18-12-15-22(32-4)23(16-18)33-5/h6-16,24H,1-5H3,(H,29,30). The third-order valence-electron chi connectivity index (χ3n) is 5.13. The van der Waals surface area contributed by atoms with E-state index in [2.05, 4.69) is 5.32 Å². The Bertz CT molecular complexity index is 1170. The molecule has 0 saturated carbocycles. The summed E-state index contributed by atoms with van der Waals surface area (Å²) >= 11 is 6.01. The number of halogens is 1. The van der Waals surface area contributed by atoms with E-state index in [-0.39, 0.29) is 0 Å². The average Bonchev–Trinajstić information content (AvgIpc) is 2.82. The van der Waals surface area contributed by atoms with Crippen LogP contribution in [0, 0.1) is 5.41 Å². The van der Waals surface area contributed by atoms with Crippen LogP contribution in [-0.2, 0) is 14.3 Å². The van der Waals surface area contributed by atoms with Gasteiger partial charge >= 0.3 is 5.97 Å². The summed E-state index contributed by atoms with van der Waals surface area (Å²) in [6, 6.07) is 19.5. The third kappa shape index (κ3) is 5.88. The molecule has 0 saturated heterocycles. The molecule has 178 valence electrons. The van der Waals surface area contributed by atoms with Gasteiger partial charge in [0.25, 0.3) is 5.91 Å². The lowest BCUT2D eigenvalue weighted by Crippen LogP contribution is -2.31. The van der Waals surface area contributed by atoms with Gasteiger partial charge in [0.15, 0.2) is 11.5 Å². The second-order valence-corrected chi connectivity index (χ2v) is 9.13. The van der Waals surface area contributed by atoms with Crippen molar-refractivity contribution in [3.05, 3.63) is 77.3 Å². The first kappa shape index (κ1) is 25.1. The van der Waals surface area contributed by atoms with Gasteiger partial charge in [-0.15, -0.1) is 0 Å². The molecule has 0 radical (unpaired) electrons. The van der Waals surface area contributed by atoms with E-state index in [4.69, 9.17) is 25.8 Å². The number of nitrogens with one attached hydrogen (secondary N) is 1. The number of methoxy groups -OCH3 is 2. The molecule has 0 aliphatic carbocycles. The van der Waals surface area contributed by atoms with Crippen molar-refractivity contribution in [1.29, 1.82) is 0 Å². The molecule has 3 aromatic rings. The van der Waals surface area contributed by atoms with Crippen LogP contribution in [0.25, 0.3) is 11.1 Å². The van der Waals surface area contributed by atoms with E-state index in [0.717, 1.165) is 11.1 Å². The van der Waals surface area contributed by atoms with Gasteiger partial charge in [-0.1, -0.05) is 48.0 Å². The number of rotatable bonds is 7. The van der Waals surface area contributed by atoms with Crippen molar-refractivity contribution < 1.29 is 23.8 Å². The van der Waals surface area contributed by atoms with E-state index in [1.54, 1.807) is 71.4 Å². The fraction of sp³-hybridized carbons (Fsp3) is 0.259. The van der Waals surface area contributed by atoms with Crippen LogP contribution in [0.3, 0.4) is 0 Å². The van der Waals surface area contributed by atoms with Gasteiger partial charge in [0.05, 0.1) is 19.6 Å². The van der Waals surface area contributed by atoms with Crippen LogP contribution in [0.2, 0.25) is 5.02 Å². The predicted molar refractivity (Wildman–Crippen MR) is 133 cm³/mol. The smallest absolute Gasteiger partial charge is 0.312 e. The van der Waals surface area contributed by atoms with Gasteiger partial charge in [0.2, 0.25) is 6.10 Å². The second kappa shape index (κ2) is 10.6. The van der Waals surface area contributed by atoms with Gasteiger partial charge in [-0.25, -0.2) is 0 Å². The summed E-state index contributed by atoms with van der Waals surface area (Å²) in [5.41, 5.74) is 1.90. The van der Waals surface area contributed by atoms with Crippen molar-refractivity contribution >= 4 is 29.2 Å². The number of hydrogen-bond donors (Lipinski definition) is 1. The van der Waals surface area contributed by atoms with E-state index in [9.17, 15) is 9.59 Å². The van der Waals surface area contributed by atoms with Crippen molar-refractivity contribution in [2.24, 2.45) is 5.41 Å². The van der Waals surface area contributed by atoms with E-state index in [1.165, 1.54) is 0 Å². The number of amides is 1. The highest BCUT2D eigenvalue weighted by Gasteiger charge is 2.31. The molecule has 1 atom stereocenters. The van der Waals surface area contributed by atoms with Crippen LogP contribution < -0.4 is 14.8 Å². The first-order valence-corrected chi connectivity index (χ1v) is 11.1. The van der Waals surface area contributed by atoms with Crippen LogP contribution in [0.4, 0.5) is 5.69 Å². The van der Waals surface area contributed by atoms with Crippen molar-refractivity contribution in [2.45, 2.75) is 26.9 Å². The van der Waals surface area contributed by atoms with Gasteiger partial charge in [0.1, 0.15) is 0 Å². The number of ether oxygens (including phenoxy) is 3. The Morgan fingerprint density at radius 2 is 1.53 bits per heavy atom. The molecule has 34 heavy (non-hydrogen) atoms. The summed E-state index contributed by atoms with van der Waals surface area (Å²) in [5.74, 6) is 0.201. The molecular formula is C27H28ClNO5.